The highest BCUT2D eigenvalue weighted by Crippen LogP contribution is 2.34. The molecule has 3 rings (SSSR count). The van der Waals surface area contributed by atoms with E-state index in [4.69, 9.17) is 23.2 Å². The highest BCUT2D eigenvalue weighted by molar-refractivity contribution is 6.30. The molecule has 0 aliphatic carbocycles. The summed E-state index contributed by atoms with van der Waals surface area (Å²) >= 11 is 11.9. The predicted octanol–water partition coefficient (Wildman–Crippen LogP) is 4.92. The fraction of sp³-hybridized carbons (Fsp3) is 0.333. The van der Waals surface area contributed by atoms with Crippen LogP contribution in [0.4, 0.5) is 0 Å². The summed E-state index contributed by atoms with van der Waals surface area (Å²) in [6.45, 7) is 2.18. The largest absolute Gasteiger partial charge is 0.349 e. The summed E-state index contributed by atoms with van der Waals surface area (Å²) < 4.78 is 0. The number of hydrogen-bond acceptors (Lipinski definition) is 2. The van der Waals surface area contributed by atoms with E-state index in [2.05, 4.69) is 5.32 Å². The molecule has 1 fully saturated rings. The van der Waals surface area contributed by atoms with Crippen LogP contribution in [0.25, 0.3) is 0 Å². The van der Waals surface area contributed by atoms with Crippen molar-refractivity contribution in [2.75, 3.05) is 6.54 Å². The van der Waals surface area contributed by atoms with E-state index in [0.717, 1.165) is 30.5 Å². The summed E-state index contributed by atoms with van der Waals surface area (Å²) in [6.07, 6.45) is 2.11. The van der Waals surface area contributed by atoms with Crippen LogP contribution in [0.5, 0.6) is 0 Å². The first-order valence-corrected chi connectivity index (χ1v) is 9.77. The van der Waals surface area contributed by atoms with E-state index in [9.17, 15) is 9.59 Å². The fourth-order valence-corrected chi connectivity index (χ4v) is 3.83. The lowest BCUT2D eigenvalue weighted by atomic mass is 10.0. The lowest BCUT2D eigenvalue weighted by Gasteiger charge is -2.27. The molecule has 0 saturated carbocycles. The van der Waals surface area contributed by atoms with Crippen LogP contribution in [0.2, 0.25) is 10.0 Å². The van der Waals surface area contributed by atoms with E-state index in [0.29, 0.717) is 10.0 Å². The molecular formula is C21H22Cl2N2O2. The van der Waals surface area contributed by atoms with Gasteiger partial charge in [0.15, 0.2) is 0 Å². The average Bonchev–Trinajstić information content (AvgIpc) is 3.12. The summed E-state index contributed by atoms with van der Waals surface area (Å²) in [4.78, 5) is 26.6. The van der Waals surface area contributed by atoms with Crippen LogP contribution < -0.4 is 5.32 Å². The first kappa shape index (κ1) is 19.7. The number of carbonyl (C=O) groups is 2. The summed E-state index contributed by atoms with van der Waals surface area (Å²) in [5.74, 6) is -0.139. The fourth-order valence-electron chi connectivity index (χ4n) is 3.58. The predicted molar refractivity (Wildman–Crippen MR) is 108 cm³/mol. The molecule has 0 unspecified atom stereocenters. The van der Waals surface area contributed by atoms with Crippen molar-refractivity contribution in [3.8, 4) is 0 Å². The van der Waals surface area contributed by atoms with E-state index in [1.165, 1.54) is 6.92 Å². The van der Waals surface area contributed by atoms with Crippen molar-refractivity contribution in [3.63, 3.8) is 0 Å². The second kappa shape index (κ2) is 8.77. The minimum absolute atomic E-state index is 0.0288. The molecule has 4 nitrogen and oxygen atoms in total. The Hall–Kier alpha value is -2.04. The van der Waals surface area contributed by atoms with Gasteiger partial charge in [0, 0.05) is 23.5 Å². The van der Waals surface area contributed by atoms with E-state index in [1.807, 2.05) is 41.3 Å². The van der Waals surface area contributed by atoms with Crippen molar-refractivity contribution in [1.29, 1.82) is 0 Å². The van der Waals surface area contributed by atoms with E-state index >= 15 is 0 Å². The molecule has 0 radical (unpaired) electrons. The summed E-state index contributed by atoms with van der Waals surface area (Å²) in [6, 6.07) is 14.6. The minimum Gasteiger partial charge on any atom is -0.349 e. The molecule has 2 aromatic rings. The number of hydrogen-bond donors (Lipinski definition) is 1. The minimum atomic E-state index is -0.376. The van der Waals surface area contributed by atoms with Gasteiger partial charge in [0.25, 0.3) is 0 Å². The van der Waals surface area contributed by atoms with E-state index in [-0.39, 0.29) is 30.3 Å². The average molecular weight is 405 g/mol. The third-order valence-corrected chi connectivity index (χ3v) is 5.36. The third-order valence-electron chi connectivity index (χ3n) is 4.86. The number of halogens is 2. The second-order valence-corrected chi connectivity index (χ2v) is 7.68. The standard InChI is InChI=1S/C21H22Cl2N2O2/c1-14(26)24-19(15-4-8-17(22)9-5-15)13-21(27)25-12-2-3-20(25)16-6-10-18(23)11-7-16/h4-11,19-20H,2-3,12-13H2,1H3,(H,24,26)/t19-,20-/m1/s1. The van der Waals surface area contributed by atoms with Crippen LogP contribution in [0.3, 0.4) is 0 Å². The van der Waals surface area contributed by atoms with Crippen LogP contribution in [0.1, 0.15) is 49.4 Å². The highest BCUT2D eigenvalue weighted by atomic mass is 35.5. The Morgan fingerprint density at radius 2 is 1.67 bits per heavy atom. The molecule has 0 aromatic heterocycles. The van der Waals surface area contributed by atoms with Crippen LogP contribution in [0, 0.1) is 0 Å². The van der Waals surface area contributed by atoms with Crippen molar-refractivity contribution in [1.82, 2.24) is 10.2 Å². The first-order valence-electron chi connectivity index (χ1n) is 9.01. The summed E-state index contributed by atoms with van der Waals surface area (Å²) in [5.41, 5.74) is 1.96. The third kappa shape index (κ3) is 5.02. The number of rotatable bonds is 5. The molecule has 0 bridgehead atoms. The molecule has 2 amide bonds. The maximum absolute atomic E-state index is 13.1. The molecule has 6 heteroatoms. The maximum Gasteiger partial charge on any atom is 0.225 e. The zero-order chi connectivity index (χ0) is 19.4. The lowest BCUT2D eigenvalue weighted by molar-refractivity contribution is -0.133. The number of benzene rings is 2. The van der Waals surface area contributed by atoms with Crippen LogP contribution in [-0.2, 0) is 9.59 Å². The first-order chi connectivity index (χ1) is 12.9. The Labute approximate surface area is 169 Å². The van der Waals surface area contributed by atoms with Crippen molar-refractivity contribution in [2.24, 2.45) is 0 Å². The zero-order valence-corrected chi connectivity index (χ0v) is 16.6. The van der Waals surface area contributed by atoms with Gasteiger partial charge in [-0.05, 0) is 48.2 Å². The molecule has 1 N–H and O–H groups in total. The van der Waals surface area contributed by atoms with Gasteiger partial charge in [-0.15, -0.1) is 0 Å². The van der Waals surface area contributed by atoms with Gasteiger partial charge >= 0.3 is 0 Å². The van der Waals surface area contributed by atoms with Crippen LogP contribution in [-0.4, -0.2) is 23.3 Å². The molecule has 1 aliphatic heterocycles. The quantitative estimate of drug-likeness (QED) is 0.767. The van der Waals surface area contributed by atoms with Gasteiger partial charge in [-0.2, -0.15) is 0 Å². The number of amides is 2. The number of likely N-dealkylation sites (tertiary alicyclic amines) is 1. The molecular weight excluding hydrogens is 383 g/mol. The molecule has 1 saturated heterocycles. The van der Waals surface area contributed by atoms with Gasteiger partial charge < -0.3 is 10.2 Å². The lowest BCUT2D eigenvalue weighted by Crippen LogP contribution is -2.35. The molecule has 2 aromatic carbocycles. The number of nitrogens with zero attached hydrogens (tertiary/aromatic N) is 1. The van der Waals surface area contributed by atoms with E-state index in [1.54, 1.807) is 12.1 Å². The van der Waals surface area contributed by atoms with Gasteiger partial charge in [-0.3, -0.25) is 9.59 Å². The van der Waals surface area contributed by atoms with Gasteiger partial charge in [0.1, 0.15) is 0 Å². The maximum atomic E-state index is 13.1. The van der Waals surface area contributed by atoms with Crippen molar-refractivity contribution >= 4 is 35.0 Å². The monoisotopic (exact) mass is 404 g/mol. The Kier molecular flexibility index (Phi) is 6.40. The zero-order valence-electron chi connectivity index (χ0n) is 15.1. The highest BCUT2D eigenvalue weighted by Gasteiger charge is 2.31. The number of carbonyl (C=O) groups excluding carboxylic acids is 2. The van der Waals surface area contributed by atoms with Gasteiger partial charge in [-0.25, -0.2) is 0 Å². The van der Waals surface area contributed by atoms with Crippen LogP contribution in [0.15, 0.2) is 48.5 Å². The second-order valence-electron chi connectivity index (χ2n) is 6.81. The molecule has 1 aliphatic rings. The van der Waals surface area contributed by atoms with Crippen LogP contribution >= 0.6 is 23.2 Å². The molecule has 1 heterocycles. The van der Waals surface area contributed by atoms with Crippen molar-refractivity contribution < 1.29 is 9.59 Å². The van der Waals surface area contributed by atoms with E-state index < -0.39 is 0 Å². The summed E-state index contributed by atoms with van der Waals surface area (Å²) in [5, 5.41) is 4.19. The van der Waals surface area contributed by atoms with Crippen molar-refractivity contribution in [2.45, 2.75) is 38.3 Å². The molecule has 142 valence electrons. The smallest absolute Gasteiger partial charge is 0.225 e. The normalized spacial score (nSPS) is 17.6. The Bertz CT molecular complexity index is 806. The molecule has 27 heavy (non-hydrogen) atoms. The molecule has 2 atom stereocenters. The SMILES string of the molecule is CC(=O)N[C@H](CC(=O)N1CCC[C@@H]1c1ccc(Cl)cc1)c1ccc(Cl)cc1. The Balaban J connectivity index is 1.76. The summed E-state index contributed by atoms with van der Waals surface area (Å²) in [7, 11) is 0. The van der Waals surface area contributed by atoms with Gasteiger partial charge in [0.2, 0.25) is 11.8 Å². The molecule has 0 spiro atoms. The Morgan fingerprint density at radius 3 is 2.26 bits per heavy atom. The van der Waals surface area contributed by atoms with Crippen molar-refractivity contribution in [3.05, 3.63) is 69.7 Å². The Morgan fingerprint density at radius 1 is 1.07 bits per heavy atom. The number of nitrogens with one attached hydrogen (secondary N) is 1. The topological polar surface area (TPSA) is 49.4 Å². The van der Waals surface area contributed by atoms with Gasteiger partial charge in [-0.1, -0.05) is 47.5 Å². The van der Waals surface area contributed by atoms with Gasteiger partial charge in [0.05, 0.1) is 18.5 Å².